The Hall–Kier alpha value is -0.340. The number of hydrogen-bond donors (Lipinski definition) is 1. The molecule has 1 fully saturated rings. The lowest BCUT2D eigenvalue weighted by molar-refractivity contribution is 0.631. The molecule has 1 nitrogen and oxygen atoms in total. The molecule has 2 rings (SSSR count). The molecule has 13 heavy (non-hydrogen) atoms. The van der Waals surface area contributed by atoms with Crippen LogP contribution in [0.25, 0.3) is 0 Å². The van der Waals surface area contributed by atoms with Crippen LogP contribution in [0, 0.1) is 5.92 Å². The summed E-state index contributed by atoms with van der Waals surface area (Å²) in [6, 6.07) is 8.93. The number of benzene rings is 1. The summed E-state index contributed by atoms with van der Waals surface area (Å²) in [4.78, 5) is 0. The van der Waals surface area contributed by atoms with E-state index in [-0.39, 0.29) is 0 Å². The van der Waals surface area contributed by atoms with Crippen molar-refractivity contribution in [1.29, 1.82) is 0 Å². The smallest absolute Gasteiger partial charge is 0.0175 e. The van der Waals surface area contributed by atoms with Gasteiger partial charge in [0.25, 0.3) is 0 Å². The summed E-state index contributed by atoms with van der Waals surface area (Å²) in [7, 11) is 0. The second-order valence-electron chi connectivity index (χ2n) is 3.92. The fourth-order valence-corrected chi connectivity index (χ4v) is 2.15. The van der Waals surface area contributed by atoms with Crippen LogP contribution in [0.3, 0.4) is 0 Å². The third kappa shape index (κ3) is 1.94. The van der Waals surface area contributed by atoms with Crippen LogP contribution in [-0.2, 0) is 0 Å². The van der Waals surface area contributed by atoms with Gasteiger partial charge in [-0.2, -0.15) is 0 Å². The second-order valence-corrected chi connectivity index (χ2v) is 4.83. The van der Waals surface area contributed by atoms with Crippen molar-refractivity contribution in [3.63, 3.8) is 0 Å². The van der Waals surface area contributed by atoms with Gasteiger partial charge in [-0.25, -0.2) is 0 Å². The molecular formula is C11H14BrN. The lowest BCUT2D eigenvalue weighted by atomic mass is 10.1. The van der Waals surface area contributed by atoms with Gasteiger partial charge in [0.2, 0.25) is 0 Å². The molecule has 3 atom stereocenters. The Morgan fingerprint density at radius 1 is 1.38 bits per heavy atom. The Morgan fingerprint density at radius 2 is 2.00 bits per heavy atom. The van der Waals surface area contributed by atoms with Gasteiger partial charge in [-0.1, -0.05) is 28.1 Å². The van der Waals surface area contributed by atoms with E-state index in [0.29, 0.717) is 17.9 Å². The van der Waals surface area contributed by atoms with E-state index in [1.54, 1.807) is 0 Å². The van der Waals surface area contributed by atoms with Crippen LogP contribution in [0.5, 0.6) is 0 Å². The lowest BCUT2D eigenvalue weighted by Crippen LogP contribution is -2.17. The van der Waals surface area contributed by atoms with E-state index >= 15 is 0 Å². The molecule has 1 aromatic carbocycles. The third-order valence-corrected chi connectivity index (χ3v) is 3.34. The van der Waals surface area contributed by atoms with Crippen LogP contribution < -0.4 is 5.73 Å². The molecule has 0 spiro atoms. The maximum atomic E-state index is 5.85. The van der Waals surface area contributed by atoms with Crippen molar-refractivity contribution < 1.29 is 0 Å². The Labute approximate surface area is 87.5 Å². The molecular weight excluding hydrogens is 226 g/mol. The Morgan fingerprint density at radius 3 is 2.46 bits per heavy atom. The summed E-state index contributed by atoms with van der Waals surface area (Å²) >= 11 is 3.43. The monoisotopic (exact) mass is 239 g/mol. The number of halogens is 1. The number of nitrogens with two attached hydrogens (primary N) is 1. The molecule has 1 saturated carbocycles. The average molecular weight is 240 g/mol. The molecule has 0 unspecified atom stereocenters. The standard InChI is InChI=1S/C11H14BrN/c1-7(13)10-6-11(10)8-2-4-9(12)5-3-8/h2-5,7,10-11H,6,13H2,1H3/t7-,10+,11-/m0/s1. The van der Waals surface area contributed by atoms with Gasteiger partial charge in [-0.05, 0) is 42.9 Å². The summed E-state index contributed by atoms with van der Waals surface area (Å²) < 4.78 is 1.15. The predicted octanol–water partition coefficient (Wildman–Crippen LogP) is 2.90. The van der Waals surface area contributed by atoms with Crippen LogP contribution in [0.4, 0.5) is 0 Å². The second kappa shape index (κ2) is 3.43. The number of rotatable bonds is 2. The highest BCUT2D eigenvalue weighted by molar-refractivity contribution is 9.10. The zero-order valence-corrected chi connectivity index (χ0v) is 9.29. The van der Waals surface area contributed by atoms with Gasteiger partial charge in [0.15, 0.2) is 0 Å². The maximum absolute atomic E-state index is 5.85. The molecule has 0 aromatic heterocycles. The Balaban J connectivity index is 2.08. The molecule has 2 heteroatoms. The van der Waals surface area contributed by atoms with Gasteiger partial charge in [-0.15, -0.1) is 0 Å². The predicted molar refractivity (Wildman–Crippen MR) is 58.6 cm³/mol. The molecule has 70 valence electrons. The molecule has 1 aliphatic rings. The van der Waals surface area contributed by atoms with Crippen molar-refractivity contribution in [3.8, 4) is 0 Å². The summed E-state index contributed by atoms with van der Waals surface area (Å²) in [5, 5.41) is 0. The van der Waals surface area contributed by atoms with Crippen molar-refractivity contribution in [3.05, 3.63) is 34.3 Å². The minimum absolute atomic E-state index is 0.341. The van der Waals surface area contributed by atoms with Crippen LogP contribution in [-0.4, -0.2) is 6.04 Å². The van der Waals surface area contributed by atoms with Crippen LogP contribution >= 0.6 is 15.9 Å². The molecule has 0 bridgehead atoms. The summed E-state index contributed by atoms with van der Waals surface area (Å²) in [6.07, 6.45) is 1.26. The Bertz CT molecular complexity index is 291. The minimum Gasteiger partial charge on any atom is -0.328 e. The number of hydrogen-bond acceptors (Lipinski definition) is 1. The summed E-state index contributed by atoms with van der Waals surface area (Å²) in [5.41, 5.74) is 7.28. The first-order chi connectivity index (χ1) is 6.18. The first kappa shape index (κ1) is 9.22. The zero-order valence-electron chi connectivity index (χ0n) is 7.70. The van der Waals surface area contributed by atoms with Crippen molar-refractivity contribution >= 4 is 15.9 Å². The molecule has 2 N–H and O–H groups in total. The van der Waals surface area contributed by atoms with Gasteiger partial charge in [0.1, 0.15) is 0 Å². The van der Waals surface area contributed by atoms with E-state index in [1.165, 1.54) is 12.0 Å². The molecule has 0 radical (unpaired) electrons. The van der Waals surface area contributed by atoms with Gasteiger partial charge >= 0.3 is 0 Å². The average Bonchev–Trinajstić information content (AvgIpc) is 2.85. The van der Waals surface area contributed by atoms with E-state index in [4.69, 9.17) is 5.73 Å². The van der Waals surface area contributed by atoms with E-state index in [1.807, 2.05) is 0 Å². The van der Waals surface area contributed by atoms with E-state index in [9.17, 15) is 0 Å². The van der Waals surface area contributed by atoms with E-state index < -0.39 is 0 Å². The van der Waals surface area contributed by atoms with Gasteiger partial charge in [-0.3, -0.25) is 0 Å². The molecule has 1 aliphatic carbocycles. The summed E-state index contributed by atoms with van der Waals surface area (Å²) in [5.74, 6) is 1.43. The van der Waals surface area contributed by atoms with Gasteiger partial charge in [0.05, 0.1) is 0 Å². The van der Waals surface area contributed by atoms with Crippen LogP contribution in [0.2, 0.25) is 0 Å². The highest BCUT2D eigenvalue weighted by Crippen LogP contribution is 2.48. The lowest BCUT2D eigenvalue weighted by Gasteiger charge is -2.03. The molecule has 0 amide bonds. The largest absolute Gasteiger partial charge is 0.328 e. The quantitative estimate of drug-likeness (QED) is 0.845. The van der Waals surface area contributed by atoms with Crippen molar-refractivity contribution in [2.75, 3.05) is 0 Å². The highest BCUT2D eigenvalue weighted by Gasteiger charge is 2.40. The van der Waals surface area contributed by atoms with E-state index in [0.717, 1.165) is 4.47 Å². The molecule has 0 aliphatic heterocycles. The fraction of sp³-hybridized carbons (Fsp3) is 0.455. The minimum atomic E-state index is 0.341. The third-order valence-electron chi connectivity index (χ3n) is 2.81. The van der Waals surface area contributed by atoms with E-state index in [2.05, 4.69) is 47.1 Å². The zero-order chi connectivity index (χ0) is 9.42. The van der Waals surface area contributed by atoms with Crippen LogP contribution in [0.15, 0.2) is 28.7 Å². The first-order valence-corrected chi connectivity index (χ1v) is 5.49. The van der Waals surface area contributed by atoms with Crippen LogP contribution in [0.1, 0.15) is 24.8 Å². The topological polar surface area (TPSA) is 26.0 Å². The SMILES string of the molecule is C[C@H](N)[C@H]1C[C@H]1c1ccc(Br)cc1. The van der Waals surface area contributed by atoms with Crippen molar-refractivity contribution in [1.82, 2.24) is 0 Å². The van der Waals surface area contributed by atoms with Gasteiger partial charge in [0, 0.05) is 10.5 Å². The van der Waals surface area contributed by atoms with Gasteiger partial charge < -0.3 is 5.73 Å². The van der Waals surface area contributed by atoms with Crippen molar-refractivity contribution in [2.24, 2.45) is 11.7 Å². The first-order valence-electron chi connectivity index (χ1n) is 4.69. The highest BCUT2D eigenvalue weighted by atomic mass is 79.9. The normalized spacial score (nSPS) is 28.5. The molecule has 1 aromatic rings. The van der Waals surface area contributed by atoms with Crippen molar-refractivity contribution in [2.45, 2.75) is 25.3 Å². The Kier molecular flexibility index (Phi) is 2.43. The molecule has 0 saturated heterocycles. The maximum Gasteiger partial charge on any atom is 0.0175 e. The molecule has 0 heterocycles. The fourth-order valence-electron chi connectivity index (χ4n) is 1.89. The summed E-state index contributed by atoms with van der Waals surface area (Å²) in [6.45, 7) is 2.10.